The summed E-state index contributed by atoms with van der Waals surface area (Å²) in [5.74, 6) is -0.327. The summed E-state index contributed by atoms with van der Waals surface area (Å²) in [6, 6.07) is 4.11. The minimum atomic E-state index is -4.47. The lowest BCUT2D eigenvalue weighted by molar-refractivity contribution is -0.143. The Morgan fingerprint density at radius 2 is 1.74 bits per heavy atom. The van der Waals surface area contributed by atoms with E-state index >= 15 is 0 Å². The number of carbonyl (C=O) groups excluding carboxylic acids is 4. The van der Waals surface area contributed by atoms with E-state index < -0.39 is 29.6 Å². The Morgan fingerprint density at radius 1 is 1.00 bits per heavy atom. The first-order valence-electron chi connectivity index (χ1n) is 18.5. The van der Waals surface area contributed by atoms with E-state index in [-0.39, 0.29) is 53.8 Å². The van der Waals surface area contributed by atoms with Gasteiger partial charge in [0.2, 0.25) is 11.8 Å². The molecule has 3 atom stereocenters. The van der Waals surface area contributed by atoms with Crippen LogP contribution >= 0.6 is 0 Å². The van der Waals surface area contributed by atoms with E-state index in [2.05, 4.69) is 15.1 Å². The van der Waals surface area contributed by atoms with Crippen molar-refractivity contribution in [2.75, 3.05) is 13.6 Å². The molecule has 54 heavy (non-hydrogen) atoms. The van der Waals surface area contributed by atoms with Crippen LogP contribution in [0.1, 0.15) is 86.9 Å². The molecule has 7 rings (SSSR count). The van der Waals surface area contributed by atoms with Gasteiger partial charge in [-0.2, -0.15) is 23.4 Å². The van der Waals surface area contributed by atoms with Crippen LogP contribution in [-0.4, -0.2) is 94.6 Å². The first kappa shape index (κ1) is 37.4. The third kappa shape index (κ3) is 7.28. The van der Waals surface area contributed by atoms with Crippen molar-refractivity contribution in [3.63, 3.8) is 0 Å². The summed E-state index contributed by atoms with van der Waals surface area (Å²) >= 11 is 0. The zero-order chi connectivity index (χ0) is 38.7. The molecule has 0 radical (unpaired) electrons. The van der Waals surface area contributed by atoms with Crippen LogP contribution in [0.15, 0.2) is 36.8 Å². The highest BCUT2D eigenvalue weighted by atomic mass is 19.4. The number of aryl methyl sites for hydroxylation is 2. The second-order valence-corrected chi connectivity index (χ2v) is 16.1. The van der Waals surface area contributed by atoms with Crippen LogP contribution in [0.2, 0.25) is 0 Å². The van der Waals surface area contributed by atoms with Gasteiger partial charge in [-0.05, 0) is 68.4 Å². The van der Waals surface area contributed by atoms with Gasteiger partial charge in [-0.25, -0.2) is 9.97 Å². The first-order chi connectivity index (χ1) is 25.4. The Kier molecular flexibility index (Phi) is 9.49. The van der Waals surface area contributed by atoms with Crippen molar-refractivity contribution in [2.45, 2.75) is 110 Å². The Balaban J connectivity index is 1.28. The minimum Gasteiger partial charge on any atom is -0.345 e. The van der Waals surface area contributed by atoms with Gasteiger partial charge in [0.15, 0.2) is 11.6 Å². The van der Waals surface area contributed by atoms with Gasteiger partial charge in [0.25, 0.3) is 0 Å². The Labute approximate surface area is 311 Å². The maximum absolute atomic E-state index is 14.6. The van der Waals surface area contributed by atoms with Gasteiger partial charge in [0.05, 0.1) is 23.7 Å². The van der Waals surface area contributed by atoms with Crippen LogP contribution in [0, 0.1) is 17.8 Å². The van der Waals surface area contributed by atoms with Gasteiger partial charge in [-0.3, -0.25) is 28.5 Å². The first-order valence-corrected chi connectivity index (χ1v) is 18.5. The molecule has 1 saturated carbocycles. The predicted molar refractivity (Wildman–Crippen MR) is 192 cm³/mol. The molecule has 3 aliphatic rings. The number of aromatic nitrogens is 6. The van der Waals surface area contributed by atoms with Gasteiger partial charge in [0.1, 0.15) is 24.6 Å². The molecule has 1 aromatic carbocycles. The number of piperidine rings is 1. The second-order valence-electron chi connectivity index (χ2n) is 16.1. The van der Waals surface area contributed by atoms with E-state index in [0.29, 0.717) is 49.0 Å². The molecule has 1 saturated heterocycles. The lowest BCUT2D eigenvalue weighted by Gasteiger charge is -2.31. The van der Waals surface area contributed by atoms with Crippen molar-refractivity contribution in [3.05, 3.63) is 59.6 Å². The smallest absolute Gasteiger partial charge is 0.345 e. The number of hydrogen-bond acceptors (Lipinski definition) is 8. The van der Waals surface area contributed by atoms with Crippen molar-refractivity contribution in [3.8, 4) is 11.1 Å². The molecule has 286 valence electrons. The zero-order valence-corrected chi connectivity index (χ0v) is 31.2. The molecule has 4 aromatic rings. The number of Topliss-reactive ketones (excluding diaryl/α,β-unsaturated/α-hetero) is 2. The maximum Gasteiger partial charge on any atom is 0.408 e. The number of benzene rings is 1. The number of nitrogens with zero attached hydrogens (tertiary/aromatic N) is 8. The standard InChI is InChI=1S/C39H45F3N8O4/c1-23(51)34-29-14-26(27-18-43-24(2)44-19-27)13-25-9-7-6-8-11-37(3,4)36(54)47(5)21-38-16-30(31(52)15-28-10-12-48(45-28)22-39(40,41)42)50(32(38)17-38)33(53)20-49(46-34)35(25)29/h10,12-14,18-19,30,32H,6-9,11,15-17,20-22H2,1-5H3/t30-,32+,38-/m0/s1. The molecule has 2 fully saturated rings. The van der Waals surface area contributed by atoms with Gasteiger partial charge in [-0.15, -0.1) is 0 Å². The zero-order valence-electron chi connectivity index (χ0n) is 31.2. The van der Waals surface area contributed by atoms with E-state index in [0.717, 1.165) is 40.6 Å². The molecule has 3 aromatic heterocycles. The highest BCUT2D eigenvalue weighted by Crippen LogP contribution is 2.60. The van der Waals surface area contributed by atoms with Crippen molar-refractivity contribution in [1.29, 1.82) is 0 Å². The number of ketones is 2. The number of carbonyl (C=O) groups is 4. The largest absolute Gasteiger partial charge is 0.408 e. The van der Waals surface area contributed by atoms with Gasteiger partial charge in [0, 0.05) is 66.9 Å². The molecule has 0 unspecified atom stereocenters. The molecule has 15 heteroatoms. The van der Waals surface area contributed by atoms with Gasteiger partial charge >= 0.3 is 6.18 Å². The molecule has 1 aliphatic carbocycles. The predicted octanol–water partition coefficient (Wildman–Crippen LogP) is 5.54. The van der Waals surface area contributed by atoms with Crippen LogP contribution in [0.25, 0.3) is 22.0 Å². The highest BCUT2D eigenvalue weighted by Gasteiger charge is 2.67. The minimum absolute atomic E-state index is 0.00123. The second kappa shape index (κ2) is 13.7. The van der Waals surface area contributed by atoms with E-state index in [1.54, 1.807) is 40.8 Å². The van der Waals surface area contributed by atoms with Crippen LogP contribution in [-0.2, 0) is 40.3 Å². The number of amides is 2. The molecule has 2 aliphatic heterocycles. The fraction of sp³-hybridized carbons (Fsp3) is 0.538. The molecular formula is C39H45F3N8O4. The summed E-state index contributed by atoms with van der Waals surface area (Å²) in [6.45, 7) is 6.00. The lowest BCUT2D eigenvalue weighted by atomic mass is 9.84. The Hall–Kier alpha value is -4.95. The van der Waals surface area contributed by atoms with Crippen LogP contribution in [0.5, 0.6) is 0 Å². The molecule has 0 N–H and O–H groups in total. The third-order valence-corrected chi connectivity index (χ3v) is 11.4. The van der Waals surface area contributed by atoms with Crippen LogP contribution < -0.4 is 0 Å². The van der Waals surface area contributed by atoms with Crippen LogP contribution in [0.3, 0.4) is 0 Å². The summed E-state index contributed by atoms with van der Waals surface area (Å²) in [4.78, 5) is 67.6. The Bertz CT molecular complexity index is 2140. The summed E-state index contributed by atoms with van der Waals surface area (Å²) in [6.07, 6.45) is 4.65. The van der Waals surface area contributed by atoms with Gasteiger partial charge < -0.3 is 9.80 Å². The lowest BCUT2D eigenvalue weighted by Crippen LogP contribution is -2.45. The summed E-state index contributed by atoms with van der Waals surface area (Å²) in [5.41, 5.74) is 2.44. The number of halogens is 3. The quantitative estimate of drug-likeness (QED) is 0.235. The number of hydrogen-bond donors (Lipinski definition) is 0. The average molecular weight is 747 g/mol. The van der Waals surface area contributed by atoms with Crippen molar-refractivity contribution >= 4 is 34.3 Å². The Morgan fingerprint density at radius 3 is 2.44 bits per heavy atom. The molecule has 0 spiro atoms. The normalized spacial score (nSPS) is 23.4. The summed E-state index contributed by atoms with van der Waals surface area (Å²) < 4.78 is 41.4. The maximum atomic E-state index is 14.6. The number of alkyl halides is 3. The van der Waals surface area contributed by atoms with E-state index in [4.69, 9.17) is 5.10 Å². The van der Waals surface area contributed by atoms with Crippen molar-refractivity contribution in [1.82, 2.24) is 39.3 Å². The van der Waals surface area contributed by atoms with Crippen molar-refractivity contribution in [2.24, 2.45) is 10.8 Å². The highest BCUT2D eigenvalue weighted by molar-refractivity contribution is 6.07. The SMILES string of the molecule is CC(=O)c1nn2c3c(cc(-c4cnc(C)nc4)cc13)CCCCCC(C)(C)C(=O)N(C)C[C@@]13C[C@@H](C(=O)Cc4ccn(CC(F)(F)F)n4)N(C(=O)C2)[C@@H]1C3. The van der Waals surface area contributed by atoms with Gasteiger partial charge in [-0.1, -0.05) is 26.7 Å². The fourth-order valence-electron chi connectivity index (χ4n) is 8.67. The molecule has 2 amide bonds. The fourth-order valence-corrected chi connectivity index (χ4v) is 8.67. The topological polar surface area (TPSA) is 136 Å². The average Bonchev–Trinajstić information content (AvgIpc) is 3.35. The van der Waals surface area contributed by atoms with Crippen molar-refractivity contribution < 1.29 is 32.3 Å². The molecule has 2 bridgehead atoms. The molecule has 12 nitrogen and oxygen atoms in total. The molecular weight excluding hydrogens is 701 g/mol. The monoisotopic (exact) mass is 746 g/mol. The summed E-state index contributed by atoms with van der Waals surface area (Å²) in [7, 11) is 1.77. The molecule has 5 heterocycles. The van der Waals surface area contributed by atoms with E-state index in [1.165, 1.54) is 19.2 Å². The van der Waals surface area contributed by atoms with Crippen LogP contribution in [0.4, 0.5) is 13.2 Å². The number of rotatable bonds is 6. The van der Waals surface area contributed by atoms with E-state index in [1.807, 2.05) is 26.0 Å². The third-order valence-electron chi connectivity index (χ3n) is 11.4. The summed E-state index contributed by atoms with van der Waals surface area (Å²) in [5, 5.41) is 9.31. The van der Waals surface area contributed by atoms with E-state index in [9.17, 15) is 32.3 Å².